The van der Waals surface area contributed by atoms with Crippen LogP contribution in [0.1, 0.15) is 19.3 Å². The van der Waals surface area contributed by atoms with E-state index in [0.717, 1.165) is 0 Å². The molecule has 2 saturated heterocycles. The van der Waals surface area contributed by atoms with Crippen LogP contribution in [0, 0.1) is 0 Å². The molecular weight excluding hydrogens is 132 g/mol. The molecule has 0 atom stereocenters. The minimum absolute atomic E-state index is 0.590. The maximum atomic E-state index is 5.48. The van der Waals surface area contributed by atoms with E-state index >= 15 is 0 Å². The molecule has 2 rings (SSSR count). The van der Waals surface area contributed by atoms with E-state index in [1.165, 1.54) is 31.4 Å². The van der Waals surface area contributed by atoms with Gasteiger partial charge in [0, 0.05) is 0 Å². The summed E-state index contributed by atoms with van der Waals surface area (Å²) in [6, 6.07) is 2.51. The summed E-state index contributed by atoms with van der Waals surface area (Å²) in [5, 5.41) is 0. The summed E-state index contributed by atoms with van der Waals surface area (Å²) in [6.45, 7) is 0.590. The second-order valence-corrected chi connectivity index (χ2v) is 6.28. The van der Waals surface area contributed by atoms with Gasteiger partial charge in [0.25, 0.3) is 0 Å². The summed E-state index contributed by atoms with van der Waals surface area (Å²) in [6.07, 6.45) is 4.07. The van der Waals surface area contributed by atoms with E-state index in [1.807, 2.05) is 0 Å². The molecule has 0 saturated carbocycles. The summed E-state index contributed by atoms with van der Waals surface area (Å²) in [5.74, 6) is 0. The van der Waals surface area contributed by atoms with Gasteiger partial charge in [-0.2, -0.15) is 0 Å². The van der Waals surface area contributed by atoms with Gasteiger partial charge < -0.3 is 8.85 Å². The van der Waals surface area contributed by atoms with Crippen molar-refractivity contribution in [2.75, 3.05) is 6.79 Å². The molecule has 0 aromatic heterocycles. The molecule has 0 unspecified atom stereocenters. The normalized spacial score (nSPS) is 32.0. The van der Waals surface area contributed by atoms with E-state index in [-0.39, 0.29) is 0 Å². The van der Waals surface area contributed by atoms with Gasteiger partial charge in [-0.05, 0) is 12.1 Å². The highest BCUT2D eigenvalue weighted by Gasteiger charge is 2.45. The molecule has 2 aliphatic heterocycles. The lowest BCUT2D eigenvalue weighted by atomic mass is 10.3. The van der Waals surface area contributed by atoms with E-state index in [1.54, 1.807) is 0 Å². The monoisotopic (exact) mass is 144 g/mol. The third kappa shape index (κ3) is 0.932. The second kappa shape index (κ2) is 2.07. The summed E-state index contributed by atoms with van der Waals surface area (Å²) in [5.41, 5.74) is 0. The molecule has 0 amide bonds. The van der Waals surface area contributed by atoms with Crippen LogP contribution in [0.4, 0.5) is 0 Å². The average molecular weight is 144 g/mol. The minimum Gasteiger partial charge on any atom is -0.371 e. The molecule has 0 aromatic carbocycles. The number of rotatable bonds is 0. The fourth-order valence-corrected chi connectivity index (χ4v) is 4.46. The Bertz CT molecular complexity index is 104. The predicted octanol–water partition coefficient (Wildman–Crippen LogP) is 1.62. The lowest BCUT2D eigenvalue weighted by Gasteiger charge is -2.41. The molecule has 0 aromatic rings. The molecule has 0 aliphatic carbocycles. The molecule has 0 N–H and O–H groups in total. The lowest BCUT2D eigenvalue weighted by molar-refractivity contribution is -0.0401. The molecule has 9 heavy (non-hydrogen) atoms. The topological polar surface area (TPSA) is 18.5 Å². The van der Waals surface area contributed by atoms with Crippen molar-refractivity contribution < 1.29 is 8.85 Å². The van der Waals surface area contributed by atoms with Crippen molar-refractivity contribution in [3.8, 4) is 0 Å². The molecule has 3 heteroatoms. The van der Waals surface area contributed by atoms with Gasteiger partial charge in [-0.15, -0.1) is 0 Å². The first-order chi connectivity index (χ1) is 4.41. The van der Waals surface area contributed by atoms with E-state index in [0.29, 0.717) is 6.79 Å². The van der Waals surface area contributed by atoms with Gasteiger partial charge >= 0.3 is 8.56 Å². The Balaban J connectivity index is 1.93. The van der Waals surface area contributed by atoms with Gasteiger partial charge in [0.05, 0.1) is 0 Å². The Morgan fingerprint density at radius 2 is 1.56 bits per heavy atom. The predicted molar refractivity (Wildman–Crippen MR) is 36.3 cm³/mol. The van der Waals surface area contributed by atoms with E-state index in [2.05, 4.69) is 0 Å². The molecule has 2 aliphatic rings. The Kier molecular flexibility index (Phi) is 1.36. The average Bonchev–Trinajstić information content (AvgIpc) is 1.87. The van der Waals surface area contributed by atoms with Crippen LogP contribution < -0.4 is 0 Å². The quantitative estimate of drug-likeness (QED) is 0.481. The largest absolute Gasteiger partial charge is 0.371 e. The lowest BCUT2D eigenvalue weighted by Crippen LogP contribution is -2.53. The number of hydrogen-bond acceptors (Lipinski definition) is 2. The number of hydrogen-bond donors (Lipinski definition) is 0. The fraction of sp³-hybridized carbons (Fsp3) is 1.00. The SMILES string of the molecule is C1CC[Si]2(CC1)OCO2. The van der Waals surface area contributed by atoms with Crippen LogP contribution in [0.25, 0.3) is 0 Å². The van der Waals surface area contributed by atoms with E-state index in [4.69, 9.17) is 8.85 Å². The minimum atomic E-state index is -1.43. The van der Waals surface area contributed by atoms with Crippen LogP contribution in [-0.4, -0.2) is 15.4 Å². The zero-order valence-corrected chi connectivity index (χ0v) is 6.56. The van der Waals surface area contributed by atoms with E-state index in [9.17, 15) is 0 Å². The van der Waals surface area contributed by atoms with Crippen molar-refractivity contribution in [1.29, 1.82) is 0 Å². The van der Waals surface area contributed by atoms with Crippen LogP contribution in [0.2, 0.25) is 12.1 Å². The van der Waals surface area contributed by atoms with Crippen molar-refractivity contribution in [2.45, 2.75) is 31.4 Å². The third-order valence-electron chi connectivity index (χ3n) is 2.26. The molecular formula is C6H12O2Si. The van der Waals surface area contributed by atoms with Crippen molar-refractivity contribution in [1.82, 2.24) is 0 Å². The van der Waals surface area contributed by atoms with Crippen LogP contribution in [0.15, 0.2) is 0 Å². The Labute approximate surface area is 56.4 Å². The molecule has 2 heterocycles. The first kappa shape index (κ1) is 5.89. The van der Waals surface area contributed by atoms with Crippen molar-refractivity contribution in [3.63, 3.8) is 0 Å². The Hall–Kier alpha value is 0.137. The van der Waals surface area contributed by atoms with Crippen molar-refractivity contribution in [2.24, 2.45) is 0 Å². The molecule has 2 nitrogen and oxygen atoms in total. The molecule has 2 fully saturated rings. The highest BCUT2D eigenvalue weighted by Crippen LogP contribution is 2.34. The first-order valence-corrected chi connectivity index (χ1v) is 5.92. The third-order valence-corrected chi connectivity index (χ3v) is 5.78. The van der Waals surface area contributed by atoms with Gasteiger partial charge in [0.2, 0.25) is 0 Å². The fourth-order valence-electron chi connectivity index (χ4n) is 1.60. The first-order valence-electron chi connectivity index (χ1n) is 3.69. The maximum absolute atomic E-state index is 5.48. The van der Waals surface area contributed by atoms with Crippen LogP contribution in [0.3, 0.4) is 0 Å². The standard InChI is InChI=1S/C6H12O2Si/c1-2-4-9(5-3-1)7-6-8-9/h1-6H2. The van der Waals surface area contributed by atoms with E-state index < -0.39 is 8.56 Å². The summed E-state index contributed by atoms with van der Waals surface area (Å²) >= 11 is 0. The molecule has 52 valence electrons. The summed E-state index contributed by atoms with van der Waals surface area (Å²) < 4.78 is 11.0. The van der Waals surface area contributed by atoms with Gasteiger partial charge in [0.1, 0.15) is 6.79 Å². The van der Waals surface area contributed by atoms with Crippen molar-refractivity contribution >= 4 is 8.56 Å². The summed E-state index contributed by atoms with van der Waals surface area (Å²) in [7, 11) is -1.43. The van der Waals surface area contributed by atoms with Gasteiger partial charge in [-0.3, -0.25) is 0 Å². The second-order valence-electron chi connectivity index (χ2n) is 2.88. The van der Waals surface area contributed by atoms with Crippen LogP contribution in [0.5, 0.6) is 0 Å². The van der Waals surface area contributed by atoms with Crippen molar-refractivity contribution in [3.05, 3.63) is 0 Å². The Morgan fingerprint density at radius 3 is 1.89 bits per heavy atom. The highest BCUT2D eigenvalue weighted by molar-refractivity contribution is 6.69. The van der Waals surface area contributed by atoms with Crippen LogP contribution >= 0.6 is 0 Å². The summed E-state index contributed by atoms with van der Waals surface area (Å²) in [4.78, 5) is 0. The van der Waals surface area contributed by atoms with Gasteiger partial charge in [-0.25, -0.2) is 0 Å². The zero-order chi connectivity index (χ0) is 6.16. The highest BCUT2D eigenvalue weighted by atomic mass is 28.4. The van der Waals surface area contributed by atoms with Gasteiger partial charge in [0.15, 0.2) is 0 Å². The van der Waals surface area contributed by atoms with Gasteiger partial charge in [-0.1, -0.05) is 19.3 Å². The smallest absolute Gasteiger partial charge is 0.341 e. The van der Waals surface area contributed by atoms with Crippen LogP contribution in [-0.2, 0) is 8.85 Å². The molecule has 0 bridgehead atoms. The zero-order valence-electron chi connectivity index (χ0n) is 5.56. The maximum Gasteiger partial charge on any atom is 0.341 e. The molecule has 0 radical (unpaired) electrons. The molecule has 1 spiro atoms. The Morgan fingerprint density at radius 1 is 0.889 bits per heavy atom.